The summed E-state index contributed by atoms with van der Waals surface area (Å²) >= 11 is 23.6. The molecule has 9 N–H and O–H groups in total. The number of thiol groups is 5. The molecule has 0 saturated carbocycles. The van der Waals surface area contributed by atoms with Crippen molar-refractivity contribution in [2.45, 2.75) is 160 Å². The van der Waals surface area contributed by atoms with Crippen LogP contribution in [0.2, 0.25) is 0 Å². The first-order valence-electron chi connectivity index (χ1n) is 22.6. The molecule has 67 heavy (non-hydrogen) atoms. The van der Waals surface area contributed by atoms with Gasteiger partial charge in [0.25, 0.3) is 0 Å². The Labute approximate surface area is 471 Å². The number of hydrogen-bond acceptors (Lipinski definition) is 4. The van der Waals surface area contributed by atoms with Gasteiger partial charge in [-0.2, -0.15) is 10.1 Å². The van der Waals surface area contributed by atoms with Crippen molar-refractivity contribution in [3.8, 4) is 0 Å². The van der Waals surface area contributed by atoms with E-state index >= 15 is 0 Å². The molecule has 0 rings (SSSR count). The van der Waals surface area contributed by atoms with E-state index in [4.69, 9.17) is 0 Å². The quantitative estimate of drug-likeness (QED) is 0.0245. The molecule has 1 atom stereocenters. The summed E-state index contributed by atoms with van der Waals surface area (Å²) in [7, 11) is -1.92. The van der Waals surface area contributed by atoms with Crippen molar-refractivity contribution in [3.63, 3.8) is 0 Å². The Morgan fingerprint density at radius 1 is 0.299 bits per heavy atom. The predicted octanol–water partition coefficient (Wildman–Crippen LogP) is 9.82. The van der Waals surface area contributed by atoms with Crippen LogP contribution in [0.5, 0.6) is 0 Å². The van der Waals surface area contributed by atoms with Crippen LogP contribution in [0.25, 0.3) is 0 Å². The van der Waals surface area contributed by atoms with E-state index < -0.39 is 44.2 Å². The molecule has 0 saturated heterocycles. The Kier molecular flexibility index (Phi) is 68.7. The first-order valence-corrected chi connectivity index (χ1v) is 52.4. The summed E-state index contributed by atoms with van der Waals surface area (Å²) in [6.07, 6.45) is 11.8. The molecule has 0 aliphatic carbocycles. The average molecular weight is 1480 g/mol. The van der Waals surface area contributed by atoms with Crippen molar-refractivity contribution in [1.82, 2.24) is 0 Å². The molecule has 422 valence electrons. The molecule has 0 aliphatic heterocycles. The maximum Gasteiger partial charge on any atom is 4.00 e. The molecule has 0 aromatic rings. The van der Waals surface area contributed by atoms with E-state index in [2.05, 4.69) is 129 Å². The minimum Gasteiger partial charge on any atom is -0.854 e. The zero-order valence-corrected chi connectivity index (χ0v) is 60.9. The van der Waals surface area contributed by atoms with E-state index in [0.717, 1.165) is 146 Å². The third-order valence-electron chi connectivity index (χ3n) is 7.32. The smallest absolute Gasteiger partial charge is 0.854 e. The predicted molar refractivity (Wildman–Crippen MR) is 340 cm³/mol. The summed E-state index contributed by atoms with van der Waals surface area (Å²) in [5.41, 5.74) is -17.9. The summed E-state index contributed by atoms with van der Waals surface area (Å²) in [6.45, 7) is 24.5. The fraction of sp³-hybridized carbons (Fsp3) is 1.00. The molecule has 12 nitrogen and oxygen atoms in total. The van der Waals surface area contributed by atoms with Gasteiger partial charge < -0.3 is 76.7 Å². The number of hydrogen-bond donors (Lipinski definition) is 14. The van der Waals surface area contributed by atoms with Crippen LogP contribution in [0.3, 0.4) is 0 Å². The van der Waals surface area contributed by atoms with Crippen LogP contribution in [0, 0.1) is 0 Å². The summed E-state index contributed by atoms with van der Waals surface area (Å²) in [4.78, 5) is 116. The Hall–Kier alpha value is 6.99. The van der Waals surface area contributed by atoms with E-state index in [-0.39, 0.29) is 71.4 Å². The molecule has 0 aliphatic rings. The summed E-state index contributed by atoms with van der Waals surface area (Å²) in [5, 5.41) is 0. The molecule has 0 bridgehead atoms. The van der Waals surface area contributed by atoms with Crippen molar-refractivity contribution >= 4 is 168 Å². The summed E-state index contributed by atoms with van der Waals surface area (Å²) in [6, 6.07) is 0. The van der Waals surface area contributed by atoms with Crippen LogP contribution in [0.15, 0.2) is 0 Å². The Bertz CT molecular complexity index is 1190. The van der Waals surface area contributed by atoms with Crippen LogP contribution >= 0.6 is 95.4 Å². The number of rotatable bonds is 24. The van der Waals surface area contributed by atoms with E-state index in [1.165, 1.54) is 0 Å². The van der Waals surface area contributed by atoms with Gasteiger partial charge in [0.15, 0.2) is 22.8 Å². The fourth-order valence-corrected chi connectivity index (χ4v) is 38.6. The molecule has 0 spiro atoms. The maximum absolute atomic E-state index is 11.1. The normalized spacial score (nSPS) is 13.1. The zero-order valence-electron chi connectivity index (χ0n) is 42.4. The third kappa shape index (κ3) is 59.0. The largest absolute Gasteiger partial charge is 4.00 e. The van der Waals surface area contributed by atoms with Gasteiger partial charge in [0.05, 0.1) is 0 Å². The van der Waals surface area contributed by atoms with Gasteiger partial charge in [-0.05, 0) is 146 Å². The van der Waals surface area contributed by atoms with Crippen molar-refractivity contribution in [2.75, 3.05) is 69.0 Å². The van der Waals surface area contributed by atoms with Crippen LogP contribution < -0.4 is 14.7 Å². The molecular formula is C36H98O12P6S12W. The Balaban J connectivity index is -0.000000129. The van der Waals surface area contributed by atoms with E-state index in [1.807, 2.05) is 27.7 Å². The Morgan fingerprint density at radius 3 is 0.507 bits per heavy atom. The molecule has 0 radical (unpaired) electrons. The van der Waals surface area contributed by atoms with Gasteiger partial charge >= 0.3 is 21.1 Å². The monoisotopic (exact) mass is 1480 g/mol. The van der Waals surface area contributed by atoms with Gasteiger partial charge in [-0.25, -0.2) is 10.1 Å². The van der Waals surface area contributed by atoms with Crippen molar-refractivity contribution in [1.29, 1.82) is 0 Å². The first kappa shape index (κ1) is 87.8. The topological polar surface area (TPSA) is 251 Å². The molecule has 0 aromatic heterocycles. The zero-order chi connectivity index (χ0) is 53.4. The molecule has 0 fully saturated rings. The minimum atomic E-state index is -3.45. The molecule has 1 unspecified atom stereocenters. The van der Waals surface area contributed by atoms with Crippen LogP contribution in [0.1, 0.15) is 160 Å². The second-order valence-electron chi connectivity index (χ2n) is 14.2. The maximum atomic E-state index is 11.1. The summed E-state index contributed by atoms with van der Waals surface area (Å²) < 4.78 is 0. The summed E-state index contributed by atoms with van der Waals surface area (Å²) in [5.74, 6) is 10.4. The first-order chi connectivity index (χ1) is 30.1. The van der Waals surface area contributed by atoms with Crippen LogP contribution in [-0.2, 0) is 93.8 Å². The molecule has 0 amide bonds. The van der Waals surface area contributed by atoms with Gasteiger partial charge in [-0.1, -0.05) is 132 Å². The van der Waals surface area contributed by atoms with Gasteiger partial charge in [-0.15, -0.1) is 52.5 Å². The second-order valence-corrected chi connectivity index (χ2v) is 63.5. The fourth-order valence-electron chi connectivity index (χ4n) is 4.88. The molecule has 0 heterocycles. The second kappa shape index (κ2) is 52.4. The molecular weight excluding hydrogens is 1380 g/mol. The van der Waals surface area contributed by atoms with Gasteiger partial charge in [0.1, 0.15) is 0 Å². The van der Waals surface area contributed by atoms with Crippen LogP contribution in [0.4, 0.5) is 0 Å². The van der Waals surface area contributed by atoms with Crippen molar-refractivity contribution < 1.29 is 79.8 Å². The SMILES string of the molecule is CCCS(CCC)=P(O)(O)S.CCCS(CCC)=P(O)(O)S.CCCS(CCC)=P(O)(O)S.CCCS(CCC)=P(O)(O)S.CCCS(CCC)=P([O-])(O)S.CCCS(CCC)=P([O-])([O-])[S-].[W+4]. The average Bonchev–Trinajstić information content (AvgIpc) is 3.16. The Morgan fingerprint density at radius 2 is 0.418 bits per heavy atom. The standard InChI is InChI=1S/4C6H17O2PS2.C6H16O2PS2.C6H14O2PS2.W/c6*1-3-5-11(6-4-2)9(7,8)10;/h4*7-8,10H,3-6H2,1-2H3;3-6H2,1-2H3,(H2-,7,8,10);3-6H2,1-2H3;/q;;;;-1;-3;+4. The van der Waals surface area contributed by atoms with E-state index in [0.29, 0.717) is 0 Å². The van der Waals surface area contributed by atoms with E-state index in [1.54, 1.807) is 0 Å². The van der Waals surface area contributed by atoms with Gasteiger partial charge in [0, 0.05) is 5.69 Å². The van der Waals surface area contributed by atoms with Crippen molar-refractivity contribution in [2.24, 2.45) is 0 Å². The van der Waals surface area contributed by atoms with Crippen molar-refractivity contribution in [3.05, 3.63) is 0 Å². The molecule has 31 heteroatoms. The van der Waals surface area contributed by atoms with Gasteiger partial charge in [-0.3, -0.25) is 0 Å². The third-order valence-corrected chi connectivity index (χ3v) is 53.0. The van der Waals surface area contributed by atoms with Gasteiger partial charge in [0.2, 0.25) is 0 Å². The van der Waals surface area contributed by atoms with Crippen LogP contribution in [-0.4, -0.2) is 113 Å². The minimum absolute atomic E-state index is 0. The molecule has 0 aromatic carbocycles. The van der Waals surface area contributed by atoms with E-state index in [9.17, 15) is 58.7 Å².